The monoisotopic (exact) mass is 767 g/mol. The number of hydrogen-bond donors (Lipinski definition) is 0. The zero-order valence-electron chi connectivity index (χ0n) is 35.3. The number of rotatable bonds is 4. The first-order chi connectivity index (χ1) is 28.5. The summed E-state index contributed by atoms with van der Waals surface area (Å²) < 4.78 is 7.08. The molecule has 1 aromatic heterocycles. The molecule has 4 aliphatic rings. The van der Waals surface area contributed by atoms with Crippen molar-refractivity contribution in [3.8, 4) is 22.3 Å². The second-order valence-electron chi connectivity index (χ2n) is 20.1. The van der Waals surface area contributed by atoms with E-state index in [9.17, 15) is 0 Å². The standard InChI is InChI=1S/C57H53NO/c1-34-27-36-28-35(2)32-57(31-34,33-36)47-22-14-24-51-53(47)43-30-50(40-16-7-8-17-41(40)54(43)59-51)58(37-25-26-39-38-15-9-11-19-44(38)56(5,6)48(39)29-37)49-23-13-21-46-52(49)42-18-10-12-20-45(42)55(46,3)4/h7-26,29-30,34-36H,27-28,31-33H2,1-6H3. The lowest BCUT2D eigenvalue weighted by Crippen LogP contribution is -2.42. The topological polar surface area (TPSA) is 16.4 Å². The van der Waals surface area contributed by atoms with Gasteiger partial charge in [-0.05, 0) is 130 Å². The fourth-order valence-electron chi connectivity index (χ4n) is 13.5. The SMILES string of the molecule is CC1CC2CC(C)CC(c3cccc4oc5c6ccccc6c(N(c6ccc7c(c6)C(C)(C)c6ccccc6-7)c6cccc7c6-c6ccccc6C7(C)C)cc5c34)(C1)C2. The lowest BCUT2D eigenvalue weighted by Gasteiger charge is -2.50. The number of nitrogens with zero attached hydrogens (tertiary/aromatic N) is 1. The van der Waals surface area contributed by atoms with Gasteiger partial charge in [0.05, 0.1) is 11.4 Å². The van der Waals surface area contributed by atoms with Crippen LogP contribution in [0.25, 0.3) is 55.0 Å². The minimum absolute atomic E-state index is 0.123. The second-order valence-corrected chi connectivity index (χ2v) is 20.1. The molecule has 1 heterocycles. The summed E-state index contributed by atoms with van der Waals surface area (Å²) in [7, 11) is 0. The zero-order valence-corrected chi connectivity index (χ0v) is 35.3. The highest BCUT2D eigenvalue weighted by Gasteiger charge is 2.47. The van der Waals surface area contributed by atoms with Crippen molar-refractivity contribution in [2.45, 2.75) is 89.9 Å². The maximum atomic E-state index is 7.08. The van der Waals surface area contributed by atoms with Crippen molar-refractivity contribution < 1.29 is 4.42 Å². The molecule has 2 bridgehead atoms. The first kappa shape index (κ1) is 35.4. The average molecular weight is 768 g/mol. The number of anilines is 3. The Morgan fingerprint density at radius 1 is 0.508 bits per heavy atom. The predicted molar refractivity (Wildman–Crippen MR) is 248 cm³/mol. The molecule has 0 N–H and O–H groups in total. The summed E-state index contributed by atoms with van der Waals surface area (Å²) in [5.41, 5.74) is 17.9. The lowest BCUT2D eigenvalue weighted by atomic mass is 9.54. The summed E-state index contributed by atoms with van der Waals surface area (Å²) in [6.07, 6.45) is 6.53. The van der Waals surface area contributed by atoms with Crippen LogP contribution in [0.4, 0.5) is 17.1 Å². The van der Waals surface area contributed by atoms with Crippen LogP contribution in [-0.2, 0) is 16.2 Å². The molecule has 12 rings (SSSR count). The van der Waals surface area contributed by atoms with Crippen LogP contribution in [0.2, 0.25) is 0 Å². The van der Waals surface area contributed by atoms with Crippen molar-refractivity contribution in [1.82, 2.24) is 0 Å². The van der Waals surface area contributed by atoms with E-state index in [0.717, 1.165) is 28.9 Å². The van der Waals surface area contributed by atoms with E-state index in [1.54, 1.807) is 0 Å². The summed E-state index contributed by atoms with van der Waals surface area (Å²) in [5, 5.41) is 4.92. The fraction of sp³-hybridized carbons (Fsp3) is 0.298. The lowest BCUT2D eigenvalue weighted by molar-refractivity contribution is 0.0790. The van der Waals surface area contributed by atoms with Crippen LogP contribution in [0.1, 0.15) is 101 Å². The van der Waals surface area contributed by atoms with Crippen molar-refractivity contribution >= 4 is 49.8 Å². The van der Waals surface area contributed by atoms with Gasteiger partial charge in [0.15, 0.2) is 0 Å². The van der Waals surface area contributed by atoms with Crippen LogP contribution >= 0.6 is 0 Å². The van der Waals surface area contributed by atoms with E-state index in [4.69, 9.17) is 4.42 Å². The molecule has 0 radical (unpaired) electrons. The molecule has 2 fully saturated rings. The quantitative estimate of drug-likeness (QED) is 0.177. The first-order valence-electron chi connectivity index (χ1n) is 22.2. The van der Waals surface area contributed by atoms with Crippen molar-refractivity contribution in [3.05, 3.63) is 161 Å². The van der Waals surface area contributed by atoms with Gasteiger partial charge in [0, 0.05) is 43.6 Å². The predicted octanol–water partition coefficient (Wildman–Crippen LogP) is 15.9. The van der Waals surface area contributed by atoms with E-state index in [0.29, 0.717) is 0 Å². The molecule has 2 heteroatoms. The van der Waals surface area contributed by atoms with Gasteiger partial charge in [-0.25, -0.2) is 0 Å². The smallest absolute Gasteiger partial charge is 0.143 e. The third kappa shape index (κ3) is 4.87. The molecule has 292 valence electrons. The molecule has 0 spiro atoms. The summed E-state index contributed by atoms with van der Waals surface area (Å²) >= 11 is 0. The molecule has 59 heavy (non-hydrogen) atoms. The Morgan fingerprint density at radius 2 is 1.12 bits per heavy atom. The van der Waals surface area contributed by atoms with E-state index in [2.05, 4.69) is 180 Å². The zero-order chi connectivity index (χ0) is 40.0. The minimum Gasteiger partial charge on any atom is -0.455 e. The Labute approximate surface area is 348 Å². The van der Waals surface area contributed by atoms with Gasteiger partial charge in [-0.15, -0.1) is 0 Å². The van der Waals surface area contributed by atoms with Crippen LogP contribution in [0.3, 0.4) is 0 Å². The van der Waals surface area contributed by atoms with E-state index < -0.39 is 0 Å². The molecular weight excluding hydrogens is 715 g/mol. The molecule has 2 saturated carbocycles. The van der Waals surface area contributed by atoms with Crippen molar-refractivity contribution in [3.63, 3.8) is 0 Å². The van der Waals surface area contributed by atoms with Crippen molar-refractivity contribution in [2.24, 2.45) is 17.8 Å². The van der Waals surface area contributed by atoms with Crippen LogP contribution < -0.4 is 4.90 Å². The molecule has 4 aliphatic carbocycles. The summed E-state index contributed by atoms with van der Waals surface area (Å²) in [6.45, 7) is 14.6. The maximum absolute atomic E-state index is 7.08. The Morgan fingerprint density at radius 3 is 1.90 bits per heavy atom. The van der Waals surface area contributed by atoms with E-state index >= 15 is 0 Å². The number of benzene rings is 7. The highest BCUT2D eigenvalue weighted by molar-refractivity contribution is 6.21. The van der Waals surface area contributed by atoms with Crippen LogP contribution in [-0.4, -0.2) is 0 Å². The molecule has 2 nitrogen and oxygen atoms in total. The highest BCUT2D eigenvalue weighted by Crippen LogP contribution is 2.59. The summed E-state index contributed by atoms with van der Waals surface area (Å²) in [4.78, 5) is 2.61. The Kier molecular flexibility index (Phi) is 7.33. The number of hydrogen-bond acceptors (Lipinski definition) is 2. The van der Waals surface area contributed by atoms with Crippen molar-refractivity contribution in [1.29, 1.82) is 0 Å². The highest BCUT2D eigenvalue weighted by atomic mass is 16.3. The minimum atomic E-state index is -0.131. The van der Waals surface area contributed by atoms with Gasteiger partial charge in [-0.1, -0.05) is 145 Å². The third-order valence-corrected chi connectivity index (χ3v) is 15.6. The average Bonchev–Trinajstić information content (AvgIpc) is 3.81. The molecule has 2 unspecified atom stereocenters. The third-order valence-electron chi connectivity index (χ3n) is 15.6. The molecule has 8 aromatic rings. The molecule has 0 amide bonds. The summed E-state index contributed by atoms with van der Waals surface area (Å²) in [6, 6.07) is 50.9. The van der Waals surface area contributed by atoms with E-state index in [-0.39, 0.29) is 16.2 Å². The largest absolute Gasteiger partial charge is 0.455 e. The van der Waals surface area contributed by atoms with Crippen LogP contribution in [0.15, 0.2) is 138 Å². The fourth-order valence-corrected chi connectivity index (χ4v) is 13.5. The summed E-state index contributed by atoms with van der Waals surface area (Å²) in [5.74, 6) is 2.25. The molecule has 0 aliphatic heterocycles. The van der Waals surface area contributed by atoms with E-state index in [1.807, 2.05) is 0 Å². The van der Waals surface area contributed by atoms with Gasteiger partial charge in [-0.2, -0.15) is 0 Å². The number of fused-ring (bicyclic) bond motifs is 13. The van der Waals surface area contributed by atoms with Gasteiger partial charge in [0.1, 0.15) is 11.2 Å². The van der Waals surface area contributed by atoms with Gasteiger partial charge >= 0.3 is 0 Å². The van der Waals surface area contributed by atoms with E-state index in [1.165, 1.54) is 121 Å². The maximum Gasteiger partial charge on any atom is 0.143 e. The van der Waals surface area contributed by atoms with Gasteiger partial charge in [0.25, 0.3) is 0 Å². The van der Waals surface area contributed by atoms with Gasteiger partial charge in [0.2, 0.25) is 0 Å². The molecule has 7 aromatic carbocycles. The molecule has 2 atom stereocenters. The van der Waals surface area contributed by atoms with Crippen LogP contribution in [0.5, 0.6) is 0 Å². The van der Waals surface area contributed by atoms with Crippen molar-refractivity contribution in [2.75, 3.05) is 4.90 Å². The molecule has 0 saturated heterocycles. The second kappa shape index (κ2) is 12.2. The normalized spacial score (nSPS) is 23.3. The van der Waals surface area contributed by atoms with Crippen LogP contribution in [0, 0.1) is 17.8 Å². The van der Waals surface area contributed by atoms with Gasteiger partial charge in [-0.3, -0.25) is 0 Å². The first-order valence-corrected chi connectivity index (χ1v) is 22.2. The Hall–Kier alpha value is -5.60. The Bertz CT molecular complexity index is 3030. The number of furan rings is 1. The Balaban J connectivity index is 1.18. The molecular formula is C57H53NO. The van der Waals surface area contributed by atoms with Gasteiger partial charge < -0.3 is 9.32 Å².